The minimum Gasteiger partial charge on any atom is -0.482 e. The van der Waals surface area contributed by atoms with E-state index < -0.39 is 11.6 Å². The molecule has 0 radical (unpaired) electrons. The summed E-state index contributed by atoms with van der Waals surface area (Å²) in [5.41, 5.74) is 0.825. The average Bonchev–Trinajstić information content (AvgIpc) is 2.53. The Morgan fingerprint density at radius 1 is 1.04 bits per heavy atom. The first-order chi connectivity index (χ1) is 11.1. The Balaban J connectivity index is 1.70. The second kappa shape index (κ2) is 6.36. The average molecular weight is 310 g/mol. The van der Waals surface area contributed by atoms with Crippen LogP contribution in [0.1, 0.15) is 5.56 Å². The van der Waals surface area contributed by atoms with Gasteiger partial charge in [0.2, 0.25) is 0 Å². The third-order valence-corrected chi connectivity index (χ3v) is 3.25. The van der Waals surface area contributed by atoms with Crippen molar-refractivity contribution in [2.24, 2.45) is 0 Å². The summed E-state index contributed by atoms with van der Waals surface area (Å²) in [6, 6.07) is 15.3. The number of esters is 1. The summed E-state index contributed by atoms with van der Waals surface area (Å²) < 4.78 is 15.6. The highest BCUT2D eigenvalue weighted by Crippen LogP contribution is 2.22. The van der Waals surface area contributed by atoms with Gasteiger partial charge >= 0.3 is 11.6 Å². The van der Waals surface area contributed by atoms with Crippen molar-refractivity contribution in [2.45, 2.75) is 6.92 Å². The summed E-state index contributed by atoms with van der Waals surface area (Å²) in [7, 11) is 0. The molecule has 0 saturated carbocycles. The fourth-order valence-corrected chi connectivity index (χ4v) is 2.19. The van der Waals surface area contributed by atoms with Gasteiger partial charge in [-0.3, -0.25) is 0 Å². The molecule has 0 aliphatic rings. The lowest BCUT2D eigenvalue weighted by molar-refractivity contribution is -0.136. The molecule has 3 aromatic rings. The lowest BCUT2D eigenvalue weighted by atomic mass is 10.1. The van der Waals surface area contributed by atoms with Crippen LogP contribution in [-0.2, 0) is 4.79 Å². The summed E-state index contributed by atoms with van der Waals surface area (Å²) in [5.74, 6) is 0.375. The van der Waals surface area contributed by atoms with Crippen LogP contribution in [0.5, 0.6) is 11.5 Å². The Hall–Kier alpha value is -3.08. The van der Waals surface area contributed by atoms with E-state index in [1.807, 2.05) is 13.0 Å². The molecule has 0 amide bonds. The van der Waals surface area contributed by atoms with Gasteiger partial charge in [-0.25, -0.2) is 9.59 Å². The van der Waals surface area contributed by atoms with Gasteiger partial charge in [0.1, 0.15) is 17.1 Å². The summed E-state index contributed by atoms with van der Waals surface area (Å²) >= 11 is 0. The first-order valence-corrected chi connectivity index (χ1v) is 7.05. The van der Waals surface area contributed by atoms with Gasteiger partial charge in [0.25, 0.3) is 0 Å². The third-order valence-electron chi connectivity index (χ3n) is 3.25. The molecular weight excluding hydrogens is 296 g/mol. The molecule has 0 atom stereocenters. The van der Waals surface area contributed by atoms with Gasteiger partial charge in [-0.1, -0.05) is 18.2 Å². The van der Waals surface area contributed by atoms with Gasteiger partial charge in [-0.2, -0.15) is 0 Å². The van der Waals surface area contributed by atoms with E-state index in [2.05, 4.69) is 0 Å². The summed E-state index contributed by atoms with van der Waals surface area (Å²) in [4.78, 5) is 23.1. The second-order valence-electron chi connectivity index (χ2n) is 4.98. The molecule has 5 heteroatoms. The van der Waals surface area contributed by atoms with Gasteiger partial charge in [-0.05, 0) is 36.8 Å². The van der Waals surface area contributed by atoms with E-state index in [-0.39, 0.29) is 6.61 Å². The molecule has 0 spiro atoms. The van der Waals surface area contributed by atoms with Crippen LogP contribution < -0.4 is 15.1 Å². The maximum atomic E-state index is 11.7. The first-order valence-electron chi connectivity index (χ1n) is 7.05. The molecule has 5 nitrogen and oxygen atoms in total. The van der Waals surface area contributed by atoms with E-state index in [1.165, 1.54) is 6.07 Å². The second-order valence-corrected chi connectivity index (χ2v) is 4.98. The molecule has 116 valence electrons. The lowest BCUT2D eigenvalue weighted by Gasteiger charge is -2.07. The van der Waals surface area contributed by atoms with E-state index >= 15 is 0 Å². The Bertz CT molecular complexity index is 896. The number of aryl methyl sites for hydroxylation is 1. The van der Waals surface area contributed by atoms with Gasteiger partial charge in [0.05, 0.1) is 0 Å². The van der Waals surface area contributed by atoms with Crippen molar-refractivity contribution in [1.82, 2.24) is 0 Å². The molecule has 2 aromatic carbocycles. The molecule has 3 rings (SSSR count). The standard InChI is InChI=1S/C18H14O5/c1-12-9-17(19)23-16-10-14(7-8-15(12)16)21-11-18(20)22-13-5-3-2-4-6-13/h2-10H,11H2,1H3. The summed E-state index contributed by atoms with van der Waals surface area (Å²) in [6.07, 6.45) is 0. The van der Waals surface area contributed by atoms with Gasteiger partial charge in [-0.15, -0.1) is 0 Å². The molecule has 1 heterocycles. The fraction of sp³-hybridized carbons (Fsp3) is 0.111. The number of hydrogen-bond acceptors (Lipinski definition) is 5. The van der Waals surface area contributed by atoms with Crippen LogP contribution in [0.25, 0.3) is 11.0 Å². The normalized spacial score (nSPS) is 10.5. The van der Waals surface area contributed by atoms with Crippen LogP contribution in [0, 0.1) is 6.92 Å². The minimum atomic E-state index is -0.512. The topological polar surface area (TPSA) is 65.7 Å². The van der Waals surface area contributed by atoms with E-state index in [9.17, 15) is 9.59 Å². The van der Waals surface area contributed by atoms with Gasteiger partial charge in [0.15, 0.2) is 6.61 Å². The van der Waals surface area contributed by atoms with Crippen LogP contribution >= 0.6 is 0 Å². The van der Waals surface area contributed by atoms with E-state index in [4.69, 9.17) is 13.9 Å². The third kappa shape index (κ3) is 3.58. The molecular formula is C18H14O5. The highest BCUT2D eigenvalue weighted by Gasteiger charge is 2.08. The van der Waals surface area contributed by atoms with Crippen molar-refractivity contribution in [1.29, 1.82) is 0 Å². The van der Waals surface area contributed by atoms with Crippen molar-refractivity contribution in [3.05, 3.63) is 70.6 Å². The summed E-state index contributed by atoms with van der Waals surface area (Å²) in [5, 5.41) is 0.823. The Morgan fingerprint density at radius 2 is 1.83 bits per heavy atom. The molecule has 1 aromatic heterocycles. The predicted octanol–water partition coefficient (Wildman–Crippen LogP) is 3.09. The molecule has 0 unspecified atom stereocenters. The number of ether oxygens (including phenoxy) is 2. The van der Waals surface area contributed by atoms with Crippen molar-refractivity contribution >= 4 is 16.9 Å². The van der Waals surface area contributed by atoms with Crippen LogP contribution in [0.15, 0.2) is 63.8 Å². The van der Waals surface area contributed by atoms with Gasteiger partial charge in [0, 0.05) is 17.5 Å². The van der Waals surface area contributed by atoms with Crippen LogP contribution in [0.4, 0.5) is 0 Å². The maximum absolute atomic E-state index is 11.7. The zero-order valence-corrected chi connectivity index (χ0v) is 12.4. The largest absolute Gasteiger partial charge is 0.482 e. The molecule has 0 N–H and O–H groups in total. The Labute approximate surface area is 132 Å². The number of fused-ring (bicyclic) bond motifs is 1. The van der Waals surface area contributed by atoms with Crippen LogP contribution in [0.2, 0.25) is 0 Å². The van der Waals surface area contributed by atoms with Crippen molar-refractivity contribution in [2.75, 3.05) is 6.61 Å². The maximum Gasteiger partial charge on any atom is 0.349 e. The number of hydrogen-bond donors (Lipinski definition) is 0. The Morgan fingerprint density at radius 3 is 2.61 bits per heavy atom. The number of carbonyl (C=O) groups excluding carboxylic acids is 1. The molecule has 0 aliphatic heterocycles. The highest BCUT2D eigenvalue weighted by atomic mass is 16.6. The van der Waals surface area contributed by atoms with Crippen LogP contribution in [-0.4, -0.2) is 12.6 Å². The zero-order chi connectivity index (χ0) is 16.2. The van der Waals surface area contributed by atoms with Crippen molar-refractivity contribution in [3.8, 4) is 11.5 Å². The van der Waals surface area contributed by atoms with E-state index in [1.54, 1.807) is 42.5 Å². The molecule has 0 fully saturated rings. The number of para-hydroxylation sites is 1. The van der Waals surface area contributed by atoms with Gasteiger partial charge < -0.3 is 13.9 Å². The smallest absolute Gasteiger partial charge is 0.349 e. The monoisotopic (exact) mass is 310 g/mol. The summed E-state index contributed by atoms with van der Waals surface area (Å²) in [6.45, 7) is 1.59. The molecule has 0 bridgehead atoms. The first kappa shape index (κ1) is 14.8. The predicted molar refractivity (Wildman–Crippen MR) is 84.8 cm³/mol. The fourth-order valence-electron chi connectivity index (χ4n) is 2.19. The lowest BCUT2D eigenvalue weighted by Crippen LogP contribution is -2.17. The number of rotatable bonds is 4. The zero-order valence-electron chi connectivity index (χ0n) is 12.4. The number of carbonyl (C=O) groups is 1. The molecule has 23 heavy (non-hydrogen) atoms. The minimum absolute atomic E-state index is 0.240. The highest BCUT2D eigenvalue weighted by molar-refractivity contribution is 5.81. The quantitative estimate of drug-likeness (QED) is 0.421. The Kier molecular flexibility index (Phi) is 4.10. The van der Waals surface area contributed by atoms with E-state index in [0.29, 0.717) is 17.1 Å². The number of benzene rings is 2. The molecule has 0 aliphatic carbocycles. The van der Waals surface area contributed by atoms with Crippen molar-refractivity contribution < 1.29 is 18.7 Å². The van der Waals surface area contributed by atoms with Crippen molar-refractivity contribution in [3.63, 3.8) is 0 Å². The molecule has 0 saturated heterocycles. The van der Waals surface area contributed by atoms with Crippen LogP contribution in [0.3, 0.4) is 0 Å². The van der Waals surface area contributed by atoms with E-state index in [0.717, 1.165) is 10.9 Å². The SMILES string of the molecule is Cc1cc(=O)oc2cc(OCC(=O)Oc3ccccc3)ccc12.